The zero-order chi connectivity index (χ0) is 31.1. The molecule has 2 aromatic heterocycles. The van der Waals surface area contributed by atoms with Crippen LogP contribution in [0.2, 0.25) is 0 Å². The van der Waals surface area contributed by atoms with Gasteiger partial charge in [-0.3, -0.25) is 9.56 Å². The minimum absolute atomic E-state index is 0.0293. The summed E-state index contributed by atoms with van der Waals surface area (Å²) >= 11 is 0. The van der Waals surface area contributed by atoms with Crippen molar-refractivity contribution in [2.45, 2.75) is 50.9 Å². The summed E-state index contributed by atoms with van der Waals surface area (Å²) in [6.45, 7) is 2.78. The second-order valence-corrected chi connectivity index (χ2v) is 10.6. The third-order valence-corrected chi connectivity index (χ3v) is 7.04. The van der Waals surface area contributed by atoms with Crippen LogP contribution in [0.5, 0.6) is 0 Å². The molecule has 0 amide bonds. The fourth-order valence-electron chi connectivity index (χ4n) is 4.84. The van der Waals surface area contributed by atoms with E-state index < -0.39 is 17.4 Å². The number of H-pyrrole nitrogens is 1. The minimum atomic E-state index is -4.51. The summed E-state index contributed by atoms with van der Waals surface area (Å²) in [6, 6.07) is 12.4. The lowest BCUT2D eigenvalue weighted by atomic mass is 9.99. The summed E-state index contributed by atoms with van der Waals surface area (Å²) in [5.41, 5.74) is 18.1. The summed E-state index contributed by atoms with van der Waals surface area (Å²) in [5, 5.41) is 13.7. The third-order valence-electron chi connectivity index (χ3n) is 7.04. The maximum Gasteiger partial charge on any atom is 0.416 e. The van der Waals surface area contributed by atoms with Crippen molar-refractivity contribution in [2.24, 2.45) is 22.2 Å². The van der Waals surface area contributed by atoms with Crippen molar-refractivity contribution in [1.82, 2.24) is 19.9 Å². The van der Waals surface area contributed by atoms with Gasteiger partial charge in [0.1, 0.15) is 5.65 Å². The molecule has 2 aromatic carbocycles. The van der Waals surface area contributed by atoms with E-state index in [1.165, 1.54) is 10.6 Å². The van der Waals surface area contributed by atoms with Gasteiger partial charge in [-0.1, -0.05) is 12.1 Å². The highest BCUT2D eigenvalue weighted by molar-refractivity contribution is 5.82. The fourth-order valence-corrected chi connectivity index (χ4v) is 4.84. The van der Waals surface area contributed by atoms with Crippen molar-refractivity contribution in [3.63, 3.8) is 0 Å². The van der Waals surface area contributed by atoms with Crippen LogP contribution in [0.4, 0.5) is 13.2 Å². The van der Waals surface area contributed by atoms with Crippen LogP contribution < -0.4 is 28.2 Å². The topological polar surface area (TPSA) is 173 Å². The number of hydrogen-bond acceptors (Lipinski definition) is 6. The summed E-state index contributed by atoms with van der Waals surface area (Å²) in [6.07, 6.45) is -0.398. The van der Waals surface area contributed by atoms with E-state index in [2.05, 4.69) is 20.3 Å². The first kappa shape index (κ1) is 31.7. The number of aromatic nitrogens is 3. The number of fused-ring (bicyclic) bond motifs is 1. The van der Waals surface area contributed by atoms with Gasteiger partial charge in [-0.15, -0.1) is 0 Å². The number of alkyl halides is 3. The van der Waals surface area contributed by atoms with E-state index in [-0.39, 0.29) is 30.3 Å². The van der Waals surface area contributed by atoms with Crippen molar-refractivity contribution in [1.29, 1.82) is 0 Å². The van der Waals surface area contributed by atoms with Crippen molar-refractivity contribution in [2.75, 3.05) is 19.7 Å². The van der Waals surface area contributed by atoms with Crippen molar-refractivity contribution >= 4 is 17.0 Å². The van der Waals surface area contributed by atoms with Gasteiger partial charge < -0.3 is 32.6 Å². The average Bonchev–Trinajstić information content (AvgIpc) is 3.37. The van der Waals surface area contributed by atoms with E-state index in [9.17, 15) is 23.1 Å². The number of aromatic amines is 1. The monoisotopic (exact) mass is 598 g/mol. The number of hydrogen-bond donors (Lipinski definition) is 6. The highest BCUT2D eigenvalue weighted by Crippen LogP contribution is 2.34. The molecule has 0 radical (unpaired) electrons. The SMILES string of the molecule is C[C@H](N)CCCc1cc(-c2cc3cn(-c4ccc([C@@H](CO)NCCCN=C(N)N)cc4)c(=O)nc3[nH]2)cc(C(F)(F)F)c1. The van der Waals surface area contributed by atoms with Gasteiger partial charge in [0.2, 0.25) is 0 Å². The minimum Gasteiger partial charge on any atom is -0.394 e. The number of nitrogens with one attached hydrogen (secondary N) is 2. The van der Waals surface area contributed by atoms with Crippen molar-refractivity contribution in [3.05, 3.63) is 81.9 Å². The number of benzene rings is 2. The van der Waals surface area contributed by atoms with Gasteiger partial charge in [-0.05, 0) is 92.2 Å². The molecule has 0 saturated carbocycles. The summed E-state index contributed by atoms with van der Waals surface area (Å²) in [5.74, 6) is 0.0293. The Hall–Kier alpha value is -4.20. The summed E-state index contributed by atoms with van der Waals surface area (Å²) in [4.78, 5) is 24.0. The number of aliphatic hydroxyl groups excluding tert-OH is 1. The zero-order valence-electron chi connectivity index (χ0n) is 23.9. The molecule has 0 saturated heterocycles. The molecule has 0 aliphatic heterocycles. The van der Waals surface area contributed by atoms with Gasteiger partial charge in [0.05, 0.1) is 23.9 Å². The fraction of sp³-hybridized carbons (Fsp3) is 0.367. The van der Waals surface area contributed by atoms with Crippen LogP contribution in [-0.4, -0.2) is 51.3 Å². The number of nitrogens with zero attached hydrogens (tertiary/aromatic N) is 3. The molecule has 2 heterocycles. The number of nitrogens with two attached hydrogens (primary N) is 3. The molecular formula is C30H37F3N8O2. The molecule has 230 valence electrons. The Balaban J connectivity index is 1.57. The lowest BCUT2D eigenvalue weighted by Crippen LogP contribution is -2.27. The second kappa shape index (κ2) is 13.8. The van der Waals surface area contributed by atoms with E-state index in [1.807, 2.05) is 6.92 Å². The Bertz CT molecular complexity index is 1610. The molecule has 4 rings (SSSR count). The molecule has 10 nitrogen and oxygen atoms in total. The Labute approximate surface area is 246 Å². The third kappa shape index (κ3) is 8.43. The molecule has 0 aliphatic rings. The Morgan fingerprint density at radius 2 is 1.88 bits per heavy atom. The van der Waals surface area contributed by atoms with Gasteiger partial charge in [0, 0.05) is 29.9 Å². The lowest BCUT2D eigenvalue weighted by Gasteiger charge is -2.17. The molecule has 13 heteroatoms. The van der Waals surface area contributed by atoms with Gasteiger partial charge in [0.25, 0.3) is 0 Å². The normalized spacial score (nSPS) is 13.3. The van der Waals surface area contributed by atoms with Crippen LogP contribution in [-0.2, 0) is 12.6 Å². The first-order valence-electron chi connectivity index (χ1n) is 14.0. The van der Waals surface area contributed by atoms with Crippen LogP contribution in [0.25, 0.3) is 28.0 Å². The van der Waals surface area contributed by atoms with E-state index in [4.69, 9.17) is 17.2 Å². The number of aliphatic imine (C=N–C) groups is 1. The van der Waals surface area contributed by atoms with Crippen LogP contribution in [0.1, 0.15) is 48.9 Å². The van der Waals surface area contributed by atoms with Crippen LogP contribution in [0.3, 0.4) is 0 Å². The Morgan fingerprint density at radius 3 is 2.53 bits per heavy atom. The number of guanidine groups is 1. The zero-order valence-corrected chi connectivity index (χ0v) is 23.9. The van der Waals surface area contributed by atoms with Crippen LogP contribution in [0.15, 0.2) is 64.5 Å². The van der Waals surface area contributed by atoms with E-state index in [0.717, 1.165) is 11.6 Å². The van der Waals surface area contributed by atoms with Crippen molar-refractivity contribution < 1.29 is 18.3 Å². The molecular weight excluding hydrogens is 561 g/mol. The van der Waals surface area contributed by atoms with E-state index >= 15 is 0 Å². The van der Waals surface area contributed by atoms with Gasteiger partial charge in [-0.2, -0.15) is 18.2 Å². The quantitative estimate of drug-likeness (QED) is 0.0778. The maximum atomic E-state index is 13.7. The van der Waals surface area contributed by atoms with Crippen LogP contribution in [0, 0.1) is 0 Å². The van der Waals surface area contributed by atoms with Crippen molar-refractivity contribution in [3.8, 4) is 16.9 Å². The molecule has 43 heavy (non-hydrogen) atoms. The lowest BCUT2D eigenvalue weighted by molar-refractivity contribution is -0.137. The Morgan fingerprint density at radius 1 is 1.14 bits per heavy atom. The predicted octanol–water partition coefficient (Wildman–Crippen LogP) is 3.36. The first-order chi connectivity index (χ1) is 20.4. The highest BCUT2D eigenvalue weighted by Gasteiger charge is 2.31. The molecule has 0 spiro atoms. The van der Waals surface area contributed by atoms with Gasteiger partial charge in [0.15, 0.2) is 5.96 Å². The van der Waals surface area contributed by atoms with Gasteiger partial charge in [-0.25, -0.2) is 4.79 Å². The molecule has 0 bridgehead atoms. The van der Waals surface area contributed by atoms with Gasteiger partial charge >= 0.3 is 11.9 Å². The number of rotatable bonds is 13. The largest absolute Gasteiger partial charge is 0.416 e. The number of aliphatic hydroxyl groups is 1. The number of aryl methyl sites for hydroxylation is 1. The second-order valence-electron chi connectivity index (χ2n) is 10.6. The summed E-state index contributed by atoms with van der Waals surface area (Å²) in [7, 11) is 0. The smallest absolute Gasteiger partial charge is 0.394 e. The Kier molecular flexibility index (Phi) is 10.2. The first-order valence-corrected chi connectivity index (χ1v) is 14.0. The number of halogens is 3. The molecule has 0 fully saturated rings. The maximum absolute atomic E-state index is 13.7. The van der Waals surface area contributed by atoms with E-state index in [0.29, 0.717) is 66.7 Å². The summed E-state index contributed by atoms with van der Waals surface area (Å²) < 4.78 is 42.5. The molecule has 9 N–H and O–H groups in total. The standard InChI is InChI=1S/C30H37F3N8O2/c1-18(34)4-2-5-19-12-21(14-23(13-19)30(31,32)33)25-15-22-16-41(29(43)40-27(22)39-25)24-8-6-20(7-9-24)26(17-42)37-10-3-11-38-28(35)36/h6-9,12-16,18,26,37,42H,2-5,10-11,17,34H2,1H3,(H4,35,36,38)(H,39,40,43)/t18-,26+/m0/s1. The molecule has 4 aromatic rings. The average molecular weight is 599 g/mol. The van der Waals surface area contributed by atoms with E-state index in [1.54, 1.807) is 42.6 Å². The predicted molar refractivity (Wildman–Crippen MR) is 162 cm³/mol. The molecule has 0 aliphatic carbocycles. The molecule has 0 unspecified atom stereocenters. The highest BCUT2D eigenvalue weighted by atomic mass is 19.4. The molecule has 2 atom stereocenters. The van der Waals surface area contributed by atoms with Crippen LogP contribution >= 0.6 is 0 Å².